The molecule has 0 saturated heterocycles. The highest BCUT2D eigenvalue weighted by Crippen LogP contribution is 2.10. The van der Waals surface area contributed by atoms with Gasteiger partial charge in [0, 0.05) is 15.6 Å². The van der Waals surface area contributed by atoms with E-state index in [9.17, 15) is 4.79 Å². The summed E-state index contributed by atoms with van der Waals surface area (Å²) < 4.78 is 0. The zero-order valence-electron chi connectivity index (χ0n) is 14.3. The zero-order valence-corrected chi connectivity index (χ0v) is 14.3. The van der Waals surface area contributed by atoms with Crippen LogP contribution in [0.25, 0.3) is 0 Å². The van der Waals surface area contributed by atoms with Crippen LogP contribution in [-0.4, -0.2) is 12.6 Å². The molecule has 0 fully saturated rings. The van der Waals surface area contributed by atoms with Gasteiger partial charge in [0.15, 0.2) is 0 Å². The molecule has 0 N–H and O–H groups in total. The Balaban J connectivity index is 3.05. The summed E-state index contributed by atoms with van der Waals surface area (Å²) in [6.07, 6.45) is 12.4. The van der Waals surface area contributed by atoms with E-state index in [1.807, 2.05) is 0 Å². The maximum atomic E-state index is 10.8. The van der Waals surface area contributed by atoms with Crippen LogP contribution in [0.4, 0.5) is 0 Å². The van der Waals surface area contributed by atoms with Crippen LogP contribution in [0.5, 0.6) is 0 Å². The van der Waals surface area contributed by atoms with E-state index in [1.54, 1.807) is 0 Å². The minimum Gasteiger partial charge on any atom is -0.261 e. The molecule has 0 radical (unpaired) electrons. The zero-order chi connectivity index (χ0) is 17.2. The van der Waals surface area contributed by atoms with E-state index in [0.717, 1.165) is 12.8 Å². The topological polar surface area (TPSA) is 72.5 Å². The van der Waals surface area contributed by atoms with Gasteiger partial charge >= 0.3 is 5.97 Å². The second-order valence-corrected chi connectivity index (χ2v) is 5.43. The predicted octanol–water partition coefficient (Wildman–Crippen LogP) is 4.68. The third-order valence-electron chi connectivity index (χ3n) is 3.17. The van der Waals surface area contributed by atoms with Crippen LogP contribution in [0.15, 0.2) is 12.2 Å². The first kappa shape index (κ1) is 22.0. The second-order valence-electron chi connectivity index (χ2n) is 5.43. The second kappa shape index (κ2) is 17.4. The van der Waals surface area contributed by atoms with E-state index in [4.69, 9.17) is 0 Å². The molecule has 0 aromatic carbocycles. The first-order valence-corrected chi connectivity index (χ1v) is 8.34. The van der Waals surface area contributed by atoms with Crippen LogP contribution in [0, 0.1) is 0 Å². The lowest BCUT2D eigenvalue weighted by Gasteiger charge is -2.03. The van der Waals surface area contributed by atoms with Gasteiger partial charge in [-0.25, -0.2) is 9.68 Å². The Kier molecular flexibility index (Phi) is 16.6. The minimum atomic E-state index is -0.778. The first-order valence-electron chi connectivity index (χ1n) is 8.34. The lowest BCUT2D eigenvalue weighted by atomic mass is 10.1. The average molecular weight is 334 g/mol. The van der Waals surface area contributed by atoms with Crippen LogP contribution in [0.1, 0.15) is 78.1 Å². The Bertz CT molecular complexity index is 294. The fourth-order valence-electron chi connectivity index (χ4n) is 1.84. The molecule has 7 nitrogen and oxygen atoms in total. The van der Waals surface area contributed by atoms with Gasteiger partial charge < -0.3 is 0 Å². The summed E-state index contributed by atoms with van der Waals surface area (Å²) in [6, 6.07) is 0. The molecule has 0 heterocycles. The van der Waals surface area contributed by atoms with Crippen molar-refractivity contribution in [2.24, 2.45) is 0 Å². The SMILES string of the molecule is C=C(C)C(=O)OOOOOOCCCCCCCCCCCC. The monoisotopic (exact) mass is 334 g/mol. The van der Waals surface area contributed by atoms with E-state index in [1.165, 1.54) is 58.3 Å². The van der Waals surface area contributed by atoms with Crippen molar-refractivity contribution in [2.45, 2.75) is 78.1 Å². The quantitative estimate of drug-likeness (QED) is 0.165. The molecule has 0 aliphatic rings. The third kappa shape index (κ3) is 17.2. The van der Waals surface area contributed by atoms with Gasteiger partial charge in [0.2, 0.25) is 0 Å². The standard InChI is InChI=1S/C16H30O7/c1-4-5-6-7-8-9-10-11-12-13-14-18-20-22-23-21-19-16(17)15(2)3/h2,4-14H2,1,3H3. The molecule has 0 aliphatic carbocycles. The highest BCUT2D eigenvalue weighted by molar-refractivity contribution is 5.86. The lowest BCUT2D eigenvalue weighted by molar-refractivity contribution is -0.749. The molecular weight excluding hydrogens is 304 g/mol. The van der Waals surface area contributed by atoms with E-state index >= 15 is 0 Å². The number of hydrogen-bond donors (Lipinski definition) is 0. The van der Waals surface area contributed by atoms with Crippen molar-refractivity contribution in [3.63, 3.8) is 0 Å². The fraction of sp³-hybridized carbons (Fsp3) is 0.812. The van der Waals surface area contributed by atoms with Crippen molar-refractivity contribution in [1.29, 1.82) is 0 Å². The van der Waals surface area contributed by atoms with Crippen molar-refractivity contribution >= 4 is 5.97 Å². The van der Waals surface area contributed by atoms with Crippen molar-refractivity contribution in [2.75, 3.05) is 6.61 Å². The van der Waals surface area contributed by atoms with Crippen LogP contribution >= 0.6 is 0 Å². The third-order valence-corrected chi connectivity index (χ3v) is 3.17. The predicted molar refractivity (Wildman–Crippen MR) is 83.0 cm³/mol. The molecule has 136 valence electrons. The van der Waals surface area contributed by atoms with Gasteiger partial charge in [0.25, 0.3) is 0 Å². The van der Waals surface area contributed by atoms with Crippen molar-refractivity contribution in [3.8, 4) is 0 Å². The maximum absolute atomic E-state index is 10.8. The molecular formula is C16H30O7. The highest BCUT2D eigenvalue weighted by atomic mass is 17.8. The molecule has 0 aromatic heterocycles. The number of carbonyl (C=O) groups is 1. The van der Waals surface area contributed by atoms with Crippen LogP contribution in [0.3, 0.4) is 0 Å². The van der Waals surface area contributed by atoms with Gasteiger partial charge in [-0.05, 0) is 23.4 Å². The molecule has 0 amide bonds. The van der Waals surface area contributed by atoms with Crippen LogP contribution < -0.4 is 0 Å². The normalized spacial score (nSPS) is 10.7. The molecule has 23 heavy (non-hydrogen) atoms. The van der Waals surface area contributed by atoms with E-state index in [0.29, 0.717) is 6.61 Å². The Labute approximate surface area is 138 Å². The number of rotatable bonds is 17. The van der Waals surface area contributed by atoms with E-state index in [-0.39, 0.29) is 5.57 Å². The lowest BCUT2D eigenvalue weighted by Crippen LogP contribution is -2.07. The van der Waals surface area contributed by atoms with Gasteiger partial charge in [-0.1, -0.05) is 71.3 Å². The average Bonchev–Trinajstić information content (AvgIpc) is 2.54. The molecule has 0 atom stereocenters. The summed E-state index contributed by atoms with van der Waals surface area (Å²) in [6.45, 7) is 7.41. The number of hydrogen-bond acceptors (Lipinski definition) is 7. The fourth-order valence-corrected chi connectivity index (χ4v) is 1.84. The van der Waals surface area contributed by atoms with E-state index in [2.05, 4.69) is 43.4 Å². The van der Waals surface area contributed by atoms with Crippen LogP contribution in [-0.2, 0) is 34.7 Å². The minimum absolute atomic E-state index is 0.159. The van der Waals surface area contributed by atoms with Crippen molar-refractivity contribution < 1.29 is 34.7 Å². The van der Waals surface area contributed by atoms with Crippen molar-refractivity contribution in [1.82, 2.24) is 0 Å². The highest BCUT2D eigenvalue weighted by Gasteiger charge is 2.05. The smallest absolute Gasteiger partial charge is 0.261 e. The van der Waals surface area contributed by atoms with Gasteiger partial charge in [0.05, 0.1) is 6.61 Å². The van der Waals surface area contributed by atoms with Crippen LogP contribution in [0.2, 0.25) is 0 Å². The van der Waals surface area contributed by atoms with Gasteiger partial charge in [-0.15, -0.1) is 0 Å². The van der Waals surface area contributed by atoms with E-state index < -0.39 is 5.97 Å². The summed E-state index contributed by atoms with van der Waals surface area (Å²) in [5.41, 5.74) is 0.159. The first-order chi connectivity index (χ1) is 11.2. The summed E-state index contributed by atoms with van der Waals surface area (Å²) in [5.74, 6) is -0.778. The van der Waals surface area contributed by atoms with Crippen molar-refractivity contribution in [3.05, 3.63) is 12.2 Å². The molecule has 0 saturated carbocycles. The molecule has 0 rings (SSSR count). The number of carbonyl (C=O) groups excluding carboxylic acids is 1. The van der Waals surface area contributed by atoms with Gasteiger partial charge in [0.1, 0.15) is 0 Å². The Hall–Kier alpha value is -0.990. The maximum Gasteiger partial charge on any atom is 0.371 e. The molecule has 0 bridgehead atoms. The summed E-state index contributed by atoms with van der Waals surface area (Å²) in [5, 5.41) is 16.1. The Morgan fingerprint density at radius 2 is 1.30 bits per heavy atom. The Morgan fingerprint density at radius 3 is 1.87 bits per heavy atom. The summed E-state index contributed by atoms with van der Waals surface area (Å²) in [7, 11) is 0. The molecule has 0 unspecified atom stereocenters. The number of unbranched alkanes of at least 4 members (excludes halogenated alkanes) is 9. The molecule has 0 aliphatic heterocycles. The molecule has 7 heteroatoms. The largest absolute Gasteiger partial charge is 0.371 e. The summed E-state index contributed by atoms with van der Waals surface area (Å²) >= 11 is 0. The summed E-state index contributed by atoms with van der Waals surface area (Å²) in [4.78, 5) is 19.6. The molecule has 0 spiro atoms. The Morgan fingerprint density at radius 1 is 0.783 bits per heavy atom. The molecule has 0 aromatic rings. The van der Waals surface area contributed by atoms with Gasteiger partial charge in [-0.2, -0.15) is 0 Å². The van der Waals surface area contributed by atoms with Gasteiger partial charge in [-0.3, -0.25) is 4.89 Å².